The Morgan fingerprint density at radius 3 is 1.98 bits per heavy atom. The Morgan fingerprint density at radius 1 is 0.488 bits per heavy atom. The maximum absolute atomic E-state index is 13.1. The SMILES string of the molecule is O=c1oc2ccccc2c2c1ccc1c3ccccc3n(-c3ccc(-c4cccc5c4oc4ccccc45)cc3)c12. The third-order valence-electron chi connectivity index (χ3n) is 8.26. The number of hydrogen-bond acceptors (Lipinski definition) is 3. The number of benzene rings is 6. The van der Waals surface area contributed by atoms with Crippen LogP contribution in [-0.2, 0) is 0 Å². The molecule has 0 atom stereocenters. The average molecular weight is 528 g/mol. The second-order valence-corrected chi connectivity index (χ2v) is 10.4. The number of furan rings is 1. The number of para-hydroxylation sites is 4. The molecule has 0 fully saturated rings. The highest BCUT2D eigenvalue weighted by atomic mass is 16.4. The quantitative estimate of drug-likeness (QED) is 0.166. The van der Waals surface area contributed by atoms with Gasteiger partial charge in [-0.1, -0.05) is 91.0 Å². The van der Waals surface area contributed by atoms with E-state index in [2.05, 4.69) is 77.4 Å². The Bertz CT molecular complexity index is 2550. The Hall–Kier alpha value is -5.61. The second-order valence-electron chi connectivity index (χ2n) is 10.4. The first-order chi connectivity index (χ1) is 20.3. The lowest BCUT2D eigenvalue weighted by atomic mass is 10.0. The van der Waals surface area contributed by atoms with E-state index in [9.17, 15) is 4.79 Å². The molecule has 0 bridgehead atoms. The van der Waals surface area contributed by atoms with Gasteiger partial charge in [-0.05, 0) is 42.0 Å². The number of fused-ring (bicyclic) bond motifs is 10. The molecule has 3 heterocycles. The number of hydrogen-bond donors (Lipinski definition) is 0. The van der Waals surface area contributed by atoms with E-state index < -0.39 is 0 Å². The van der Waals surface area contributed by atoms with Crippen molar-refractivity contribution in [3.05, 3.63) is 138 Å². The summed E-state index contributed by atoms with van der Waals surface area (Å²) in [4.78, 5) is 13.1. The third-order valence-corrected chi connectivity index (χ3v) is 8.26. The van der Waals surface area contributed by atoms with Gasteiger partial charge in [0.2, 0.25) is 0 Å². The van der Waals surface area contributed by atoms with Crippen LogP contribution in [0, 0.1) is 0 Å². The molecule has 0 aliphatic carbocycles. The van der Waals surface area contributed by atoms with Crippen molar-refractivity contribution in [2.24, 2.45) is 0 Å². The van der Waals surface area contributed by atoms with Crippen molar-refractivity contribution in [2.45, 2.75) is 0 Å². The van der Waals surface area contributed by atoms with Crippen LogP contribution in [-0.4, -0.2) is 4.57 Å². The van der Waals surface area contributed by atoms with Gasteiger partial charge in [0.15, 0.2) is 0 Å². The topological polar surface area (TPSA) is 48.3 Å². The summed E-state index contributed by atoms with van der Waals surface area (Å²) in [5.74, 6) is 0. The first kappa shape index (κ1) is 22.2. The first-order valence-corrected chi connectivity index (χ1v) is 13.6. The summed E-state index contributed by atoms with van der Waals surface area (Å²) >= 11 is 0. The fraction of sp³-hybridized carbons (Fsp3) is 0. The summed E-state index contributed by atoms with van der Waals surface area (Å²) in [7, 11) is 0. The largest absolute Gasteiger partial charge is 0.455 e. The van der Waals surface area contributed by atoms with Gasteiger partial charge in [-0.2, -0.15) is 0 Å². The smallest absolute Gasteiger partial charge is 0.344 e. The van der Waals surface area contributed by atoms with E-state index in [1.807, 2.05) is 54.6 Å². The van der Waals surface area contributed by atoms with E-state index in [1.54, 1.807) is 0 Å². The van der Waals surface area contributed by atoms with E-state index in [4.69, 9.17) is 8.83 Å². The fourth-order valence-corrected chi connectivity index (χ4v) is 6.45. The molecule has 0 saturated carbocycles. The molecular formula is C37H21NO3. The lowest BCUT2D eigenvalue weighted by molar-refractivity contribution is 0.570. The summed E-state index contributed by atoms with van der Waals surface area (Å²) in [5, 5.41) is 6.87. The maximum atomic E-state index is 13.1. The highest BCUT2D eigenvalue weighted by molar-refractivity contribution is 6.24. The summed E-state index contributed by atoms with van der Waals surface area (Å²) in [5.41, 5.74) is 7.27. The standard InChI is InChI=1S/C37H21NO3/c39-37-30-21-20-27-25-8-1-4-13-31(25)38(35(27)34(30)29-10-3-6-15-33(29)41-37)23-18-16-22(17-19-23)24-11-7-12-28-26-9-2-5-14-32(26)40-36(24)28/h1-21H. The van der Waals surface area contributed by atoms with Gasteiger partial charge >= 0.3 is 5.63 Å². The summed E-state index contributed by atoms with van der Waals surface area (Å²) < 4.78 is 14.3. The lowest BCUT2D eigenvalue weighted by Crippen LogP contribution is -2.02. The predicted octanol–water partition coefficient (Wildman–Crippen LogP) is 9.61. The minimum atomic E-state index is -0.327. The summed E-state index contributed by atoms with van der Waals surface area (Å²) in [6, 6.07) is 43.2. The lowest BCUT2D eigenvalue weighted by Gasteiger charge is -2.12. The van der Waals surface area contributed by atoms with Crippen LogP contribution in [0.3, 0.4) is 0 Å². The molecule has 9 rings (SSSR count). The Labute approximate surface area is 233 Å². The Morgan fingerprint density at radius 2 is 1.15 bits per heavy atom. The number of aromatic nitrogens is 1. The second kappa shape index (κ2) is 8.20. The molecule has 192 valence electrons. The van der Waals surface area contributed by atoms with Gasteiger partial charge in [0.1, 0.15) is 16.7 Å². The molecular weight excluding hydrogens is 506 g/mol. The number of nitrogens with zero attached hydrogens (tertiary/aromatic N) is 1. The van der Waals surface area contributed by atoms with Crippen molar-refractivity contribution in [1.29, 1.82) is 0 Å². The third kappa shape index (κ3) is 3.07. The van der Waals surface area contributed by atoms with Crippen molar-refractivity contribution in [2.75, 3.05) is 0 Å². The maximum Gasteiger partial charge on any atom is 0.344 e. The van der Waals surface area contributed by atoms with Crippen molar-refractivity contribution in [3.63, 3.8) is 0 Å². The molecule has 0 aliphatic rings. The van der Waals surface area contributed by atoms with E-state index >= 15 is 0 Å². The van der Waals surface area contributed by atoms with Crippen LogP contribution in [0.4, 0.5) is 0 Å². The molecule has 4 nitrogen and oxygen atoms in total. The van der Waals surface area contributed by atoms with Crippen molar-refractivity contribution in [3.8, 4) is 16.8 Å². The van der Waals surface area contributed by atoms with Crippen molar-refractivity contribution < 1.29 is 8.83 Å². The first-order valence-electron chi connectivity index (χ1n) is 13.6. The predicted molar refractivity (Wildman–Crippen MR) is 167 cm³/mol. The minimum Gasteiger partial charge on any atom is -0.455 e. The van der Waals surface area contributed by atoms with E-state index in [1.165, 1.54) is 0 Å². The van der Waals surface area contributed by atoms with Crippen molar-refractivity contribution >= 4 is 65.5 Å². The molecule has 0 N–H and O–H groups in total. The molecule has 0 amide bonds. The zero-order chi connectivity index (χ0) is 27.1. The summed E-state index contributed by atoms with van der Waals surface area (Å²) in [6.45, 7) is 0. The van der Waals surface area contributed by atoms with Crippen LogP contribution >= 0.6 is 0 Å². The van der Waals surface area contributed by atoms with Crippen molar-refractivity contribution in [1.82, 2.24) is 4.57 Å². The Balaban J connectivity index is 1.33. The molecule has 4 heteroatoms. The minimum absolute atomic E-state index is 0.327. The van der Waals surface area contributed by atoms with Gasteiger partial charge in [0.05, 0.1) is 16.4 Å². The van der Waals surface area contributed by atoms with Crippen LogP contribution in [0.25, 0.3) is 82.3 Å². The average Bonchev–Trinajstić information content (AvgIpc) is 3.57. The van der Waals surface area contributed by atoms with Gasteiger partial charge in [-0.25, -0.2) is 4.79 Å². The molecule has 3 aromatic heterocycles. The molecule has 41 heavy (non-hydrogen) atoms. The highest BCUT2D eigenvalue weighted by Crippen LogP contribution is 2.40. The molecule has 0 saturated heterocycles. The van der Waals surface area contributed by atoms with Gasteiger partial charge in [-0.3, -0.25) is 0 Å². The van der Waals surface area contributed by atoms with Gasteiger partial charge in [-0.15, -0.1) is 0 Å². The highest BCUT2D eigenvalue weighted by Gasteiger charge is 2.19. The van der Waals surface area contributed by atoms with Crippen LogP contribution < -0.4 is 5.63 Å². The monoisotopic (exact) mass is 527 g/mol. The summed E-state index contributed by atoms with van der Waals surface area (Å²) in [6.07, 6.45) is 0. The van der Waals surface area contributed by atoms with E-state index in [-0.39, 0.29) is 5.63 Å². The van der Waals surface area contributed by atoms with Crippen LogP contribution in [0.5, 0.6) is 0 Å². The fourth-order valence-electron chi connectivity index (χ4n) is 6.45. The zero-order valence-electron chi connectivity index (χ0n) is 21.8. The van der Waals surface area contributed by atoms with E-state index in [0.717, 1.165) is 71.3 Å². The van der Waals surface area contributed by atoms with Crippen LogP contribution in [0.1, 0.15) is 0 Å². The normalized spacial score (nSPS) is 12.0. The molecule has 9 aromatic rings. The van der Waals surface area contributed by atoms with Gasteiger partial charge in [0, 0.05) is 43.6 Å². The number of rotatable bonds is 2. The van der Waals surface area contributed by atoms with Crippen LogP contribution in [0.2, 0.25) is 0 Å². The van der Waals surface area contributed by atoms with Crippen LogP contribution in [0.15, 0.2) is 141 Å². The van der Waals surface area contributed by atoms with E-state index in [0.29, 0.717) is 11.0 Å². The zero-order valence-corrected chi connectivity index (χ0v) is 21.8. The molecule has 6 aromatic carbocycles. The van der Waals surface area contributed by atoms with Gasteiger partial charge < -0.3 is 13.4 Å². The molecule has 0 spiro atoms. The molecule has 0 radical (unpaired) electrons. The van der Waals surface area contributed by atoms with Gasteiger partial charge in [0.25, 0.3) is 0 Å². The molecule has 0 unspecified atom stereocenters. The molecule has 0 aliphatic heterocycles. The Kier molecular flexibility index (Phi) is 4.44.